The molecule has 0 aliphatic carbocycles. The van der Waals surface area contributed by atoms with E-state index in [2.05, 4.69) is 15.4 Å². The highest BCUT2D eigenvalue weighted by molar-refractivity contribution is 6.07. The molecule has 0 saturated carbocycles. The summed E-state index contributed by atoms with van der Waals surface area (Å²) in [6.45, 7) is 7.59. The van der Waals surface area contributed by atoms with Crippen molar-refractivity contribution >= 4 is 11.9 Å². The van der Waals surface area contributed by atoms with E-state index in [0.717, 1.165) is 5.69 Å². The van der Waals surface area contributed by atoms with Crippen LogP contribution in [0.1, 0.15) is 33.5 Å². The first-order valence-corrected chi connectivity index (χ1v) is 7.82. The van der Waals surface area contributed by atoms with Crippen LogP contribution in [0.15, 0.2) is 36.7 Å². The highest BCUT2D eigenvalue weighted by Crippen LogP contribution is 2.35. The summed E-state index contributed by atoms with van der Waals surface area (Å²) in [6, 6.07) is 9.13. The van der Waals surface area contributed by atoms with Crippen molar-refractivity contribution in [2.75, 3.05) is 0 Å². The van der Waals surface area contributed by atoms with Gasteiger partial charge in [-0.15, -0.1) is 5.10 Å². The SMILES string of the molecule is CC(C)(C)[C@]1(C)NC(=O)N(Cc2ncn(-c3ccccc3)n2)C1=O. The molecule has 0 bridgehead atoms. The van der Waals surface area contributed by atoms with Crippen molar-refractivity contribution in [1.29, 1.82) is 0 Å². The fraction of sp³-hybridized carbons (Fsp3) is 0.412. The molecule has 1 saturated heterocycles. The van der Waals surface area contributed by atoms with Crippen LogP contribution in [0.25, 0.3) is 5.69 Å². The van der Waals surface area contributed by atoms with Crippen LogP contribution in [0.2, 0.25) is 0 Å². The van der Waals surface area contributed by atoms with Gasteiger partial charge in [0.25, 0.3) is 5.91 Å². The highest BCUT2D eigenvalue weighted by atomic mass is 16.2. The standard InChI is InChI=1S/C17H21N5O2/c1-16(2,3)17(4)14(23)21(15(24)19-17)10-13-18-11-22(20-13)12-8-6-5-7-9-12/h5-9,11H,10H2,1-4H3,(H,19,24)/t17-/m1/s1. The number of carbonyl (C=O) groups is 2. The van der Waals surface area contributed by atoms with E-state index in [1.165, 1.54) is 4.90 Å². The smallest absolute Gasteiger partial charge is 0.323 e. The average molecular weight is 327 g/mol. The maximum Gasteiger partial charge on any atom is 0.325 e. The third-order valence-corrected chi connectivity index (χ3v) is 4.63. The molecule has 1 fully saturated rings. The first-order chi connectivity index (χ1) is 11.2. The second-order valence-electron chi connectivity index (χ2n) is 7.14. The largest absolute Gasteiger partial charge is 0.325 e. The summed E-state index contributed by atoms with van der Waals surface area (Å²) in [6.07, 6.45) is 1.58. The van der Waals surface area contributed by atoms with Gasteiger partial charge in [0.05, 0.1) is 12.2 Å². The molecule has 24 heavy (non-hydrogen) atoms. The van der Waals surface area contributed by atoms with E-state index in [0.29, 0.717) is 5.82 Å². The van der Waals surface area contributed by atoms with Gasteiger partial charge in [-0.05, 0) is 24.5 Å². The molecule has 1 aromatic carbocycles. The van der Waals surface area contributed by atoms with E-state index in [9.17, 15) is 9.59 Å². The minimum absolute atomic E-state index is 0.0518. The second-order valence-corrected chi connectivity index (χ2v) is 7.14. The number of amides is 3. The van der Waals surface area contributed by atoms with E-state index in [4.69, 9.17) is 0 Å². The molecule has 0 spiro atoms. The van der Waals surface area contributed by atoms with Crippen LogP contribution in [0.4, 0.5) is 4.79 Å². The molecule has 3 amide bonds. The number of carbonyl (C=O) groups excluding carboxylic acids is 2. The summed E-state index contributed by atoms with van der Waals surface area (Å²) in [5, 5.41) is 7.16. The van der Waals surface area contributed by atoms with Gasteiger partial charge in [-0.1, -0.05) is 39.0 Å². The Morgan fingerprint density at radius 3 is 2.42 bits per heavy atom. The Morgan fingerprint density at radius 1 is 1.17 bits per heavy atom. The van der Waals surface area contributed by atoms with Crippen LogP contribution in [-0.4, -0.2) is 37.1 Å². The van der Waals surface area contributed by atoms with Gasteiger partial charge in [0.2, 0.25) is 0 Å². The molecule has 0 radical (unpaired) electrons. The van der Waals surface area contributed by atoms with Crippen LogP contribution in [0.5, 0.6) is 0 Å². The fourth-order valence-electron chi connectivity index (χ4n) is 2.57. The molecule has 1 aromatic heterocycles. The van der Waals surface area contributed by atoms with Crippen molar-refractivity contribution in [2.45, 2.75) is 39.8 Å². The lowest BCUT2D eigenvalue weighted by Gasteiger charge is -2.35. The number of nitrogens with zero attached hydrogens (tertiary/aromatic N) is 4. The molecule has 7 nitrogen and oxygen atoms in total. The number of urea groups is 1. The molecular formula is C17H21N5O2. The van der Waals surface area contributed by atoms with Crippen LogP contribution in [0, 0.1) is 5.41 Å². The molecule has 1 atom stereocenters. The van der Waals surface area contributed by atoms with Crippen molar-refractivity contribution in [1.82, 2.24) is 25.0 Å². The Balaban J connectivity index is 1.81. The summed E-state index contributed by atoms with van der Waals surface area (Å²) >= 11 is 0. The third-order valence-electron chi connectivity index (χ3n) is 4.63. The first-order valence-electron chi connectivity index (χ1n) is 7.82. The van der Waals surface area contributed by atoms with Gasteiger partial charge in [-0.2, -0.15) is 0 Å². The van der Waals surface area contributed by atoms with Crippen molar-refractivity contribution in [2.24, 2.45) is 5.41 Å². The van der Waals surface area contributed by atoms with Crippen LogP contribution in [-0.2, 0) is 11.3 Å². The zero-order valence-electron chi connectivity index (χ0n) is 14.3. The number of aromatic nitrogens is 3. The molecule has 1 aliphatic rings. The zero-order chi connectivity index (χ0) is 17.5. The van der Waals surface area contributed by atoms with Gasteiger partial charge in [0.1, 0.15) is 11.9 Å². The van der Waals surface area contributed by atoms with Gasteiger partial charge < -0.3 is 5.32 Å². The number of para-hydroxylation sites is 1. The minimum atomic E-state index is -0.938. The van der Waals surface area contributed by atoms with Gasteiger partial charge in [-0.3, -0.25) is 9.69 Å². The van der Waals surface area contributed by atoms with E-state index in [1.54, 1.807) is 17.9 Å². The topological polar surface area (TPSA) is 80.1 Å². The second kappa shape index (κ2) is 5.43. The average Bonchev–Trinajstić information content (AvgIpc) is 3.07. The maximum atomic E-state index is 12.7. The monoisotopic (exact) mass is 327 g/mol. The predicted octanol–water partition coefficient (Wildman–Crippen LogP) is 2.12. The van der Waals surface area contributed by atoms with Crippen molar-refractivity contribution in [3.05, 3.63) is 42.5 Å². The molecule has 126 valence electrons. The Labute approximate surface area is 140 Å². The molecule has 3 rings (SSSR count). The third kappa shape index (κ3) is 2.55. The van der Waals surface area contributed by atoms with Crippen molar-refractivity contribution < 1.29 is 9.59 Å². The molecule has 0 unspecified atom stereocenters. The van der Waals surface area contributed by atoms with Crippen LogP contribution in [0.3, 0.4) is 0 Å². The first kappa shape index (κ1) is 16.2. The number of imide groups is 1. The number of nitrogens with one attached hydrogen (secondary N) is 1. The zero-order valence-corrected chi connectivity index (χ0v) is 14.3. The minimum Gasteiger partial charge on any atom is -0.323 e. The Kier molecular flexibility index (Phi) is 3.66. The predicted molar refractivity (Wildman–Crippen MR) is 88.3 cm³/mol. The molecule has 7 heteroatoms. The molecule has 1 aliphatic heterocycles. The lowest BCUT2D eigenvalue weighted by molar-refractivity contribution is -0.134. The van der Waals surface area contributed by atoms with Gasteiger partial charge >= 0.3 is 6.03 Å². The number of benzene rings is 1. The normalized spacial score (nSPS) is 21.2. The number of hydrogen-bond acceptors (Lipinski definition) is 4. The molecule has 1 N–H and O–H groups in total. The van der Waals surface area contributed by atoms with Gasteiger partial charge in [0, 0.05) is 0 Å². The van der Waals surface area contributed by atoms with Crippen LogP contribution >= 0.6 is 0 Å². The van der Waals surface area contributed by atoms with Gasteiger partial charge in [-0.25, -0.2) is 14.5 Å². The van der Waals surface area contributed by atoms with Crippen molar-refractivity contribution in [3.8, 4) is 5.69 Å². The highest BCUT2D eigenvalue weighted by Gasteiger charge is 2.54. The number of rotatable bonds is 3. The molecular weight excluding hydrogens is 306 g/mol. The molecule has 2 aromatic rings. The quantitative estimate of drug-likeness (QED) is 0.876. The summed E-state index contributed by atoms with van der Waals surface area (Å²) in [7, 11) is 0. The lowest BCUT2D eigenvalue weighted by Crippen LogP contribution is -2.54. The summed E-state index contributed by atoms with van der Waals surface area (Å²) in [5.74, 6) is 0.163. The van der Waals surface area contributed by atoms with E-state index in [1.807, 2.05) is 51.1 Å². The van der Waals surface area contributed by atoms with Crippen LogP contribution < -0.4 is 5.32 Å². The van der Waals surface area contributed by atoms with E-state index >= 15 is 0 Å². The Morgan fingerprint density at radius 2 is 1.83 bits per heavy atom. The Bertz CT molecular complexity index is 778. The maximum absolute atomic E-state index is 12.7. The lowest BCUT2D eigenvalue weighted by atomic mass is 9.75. The summed E-state index contributed by atoms with van der Waals surface area (Å²) in [4.78, 5) is 30.4. The van der Waals surface area contributed by atoms with E-state index in [-0.39, 0.29) is 12.5 Å². The molecule has 2 heterocycles. The van der Waals surface area contributed by atoms with Crippen molar-refractivity contribution in [3.63, 3.8) is 0 Å². The summed E-state index contributed by atoms with van der Waals surface area (Å²) in [5.41, 5.74) is -0.467. The summed E-state index contributed by atoms with van der Waals surface area (Å²) < 4.78 is 1.62. The number of hydrogen-bond donors (Lipinski definition) is 1. The van der Waals surface area contributed by atoms with E-state index < -0.39 is 17.0 Å². The Hall–Kier alpha value is -2.70. The van der Waals surface area contributed by atoms with Gasteiger partial charge in [0.15, 0.2) is 5.82 Å². The fourth-order valence-corrected chi connectivity index (χ4v) is 2.57.